The standard InChI is InChI=1S/C15H8ClF2NS/c16-12-7-10(3-6-13(12)18)15-19-14(8-20-15)9-1-4-11(17)5-2-9/h1-8H. The first-order chi connectivity index (χ1) is 9.63. The molecule has 20 heavy (non-hydrogen) atoms. The van der Waals surface area contributed by atoms with Gasteiger partial charge in [0.15, 0.2) is 0 Å². The molecule has 1 aromatic heterocycles. The van der Waals surface area contributed by atoms with Crippen LogP contribution in [0.5, 0.6) is 0 Å². The van der Waals surface area contributed by atoms with Gasteiger partial charge in [-0.1, -0.05) is 11.6 Å². The van der Waals surface area contributed by atoms with Crippen molar-refractivity contribution in [3.63, 3.8) is 0 Å². The summed E-state index contributed by atoms with van der Waals surface area (Å²) in [5, 5.41) is 2.69. The van der Waals surface area contributed by atoms with E-state index in [-0.39, 0.29) is 10.8 Å². The molecule has 1 heterocycles. The Morgan fingerprint density at radius 2 is 1.65 bits per heavy atom. The van der Waals surface area contributed by atoms with Crippen molar-refractivity contribution in [1.82, 2.24) is 4.98 Å². The van der Waals surface area contributed by atoms with Crippen molar-refractivity contribution in [2.75, 3.05) is 0 Å². The molecule has 0 bridgehead atoms. The number of rotatable bonds is 2. The summed E-state index contributed by atoms with van der Waals surface area (Å²) in [4.78, 5) is 4.47. The summed E-state index contributed by atoms with van der Waals surface area (Å²) in [5.41, 5.74) is 2.35. The van der Waals surface area contributed by atoms with Gasteiger partial charge in [-0.2, -0.15) is 0 Å². The van der Waals surface area contributed by atoms with Crippen molar-refractivity contribution >= 4 is 22.9 Å². The van der Waals surface area contributed by atoms with E-state index >= 15 is 0 Å². The van der Waals surface area contributed by atoms with Gasteiger partial charge in [0.25, 0.3) is 0 Å². The van der Waals surface area contributed by atoms with Gasteiger partial charge in [0.1, 0.15) is 16.6 Å². The monoisotopic (exact) mass is 307 g/mol. The summed E-state index contributed by atoms with van der Waals surface area (Å²) < 4.78 is 26.0. The molecule has 0 aliphatic rings. The van der Waals surface area contributed by atoms with E-state index in [0.29, 0.717) is 0 Å². The summed E-state index contributed by atoms with van der Waals surface area (Å²) in [7, 11) is 0. The van der Waals surface area contributed by atoms with Crippen molar-refractivity contribution in [2.45, 2.75) is 0 Å². The SMILES string of the molecule is Fc1ccc(-c2csc(-c3ccc(F)c(Cl)c3)n2)cc1. The number of thiazole rings is 1. The Morgan fingerprint density at radius 3 is 2.35 bits per heavy atom. The first-order valence-electron chi connectivity index (χ1n) is 5.80. The summed E-state index contributed by atoms with van der Waals surface area (Å²) in [6.45, 7) is 0. The second-order valence-electron chi connectivity index (χ2n) is 4.17. The highest BCUT2D eigenvalue weighted by molar-refractivity contribution is 7.13. The maximum absolute atomic E-state index is 13.1. The van der Waals surface area contributed by atoms with E-state index in [9.17, 15) is 8.78 Å². The lowest BCUT2D eigenvalue weighted by Gasteiger charge is -1.99. The van der Waals surface area contributed by atoms with Crippen molar-refractivity contribution in [3.8, 4) is 21.8 Å². The largest absolute Gasteiger partial charge is 0.236 e. The third kappa shape index (κ3) is 2.57. The second kappa shape index (κ2) is 5.31. The minimum absolute atomic E-state index is 0.0704. The van der Waals surface area contributed by atoms with Crippen molar-refractivity contribution in [1.29, 1.82) is 0 Å². The lowest BCUT2D eigenvalue weighted by molar-refractivity contribution is 0.628. The van der Waals surface area contributed by atoms with Crippen molar-refractivity contribution in [2.24, 2.45) is 0 Å². The average Bonchev–Trinajstić information content (AvgIpc) is 2.92. The zero-order valence-corrected chi connectivity index (χ0v) is 11.7. The van der Waals surface area contributed by atoms with Crippen LogP contribution in [0, 0.1) is 11.6 Å². The molecule has 0 fully saturated rings. The summed E-state index contributed by atoms with van der Waals surface area (Å²) in [5.74, 6) is -0.736. The van der Waals surface area contributed by atoms with Gasteiger partial charge >= 0.3 is 0 Å². The van der Waals surface area contributed by atoms with E-state index in [0.717, 1.165) is 21.8 Å². The van der Waals surface area contributed by atoms with Gasteiger partial charge < -0.3 is 0 Å². The van der Waals surface area contributed by atoms with Crippen LogP contribution in [0.3, 0.4) is 0 Å². The normalized spacial score (nSPS) is 10.8. The van der Waals surface area contributed by atoms with E-state index in [2.05, 4.69) is 4.98 Å². The number of hydrogen-bond donors (Lipinski definition) is 0. The highest BCUT2D eigenvalue weighted by Crippen LogP contribution is 2.30. The van der Waals surface area contributed by atoms with Gasteiger partial charge in [0, 0.05) is 16.5 Å². The first-order valence-corrected chi connectivity index (χ1v) is 7.06. The van der Waals surface area contributed by atoms with Crippen LogP contribution in [-0.4, -0.2) is 4.98 Å². The smallest absolute Gasteiger partial charge is 0.141 e. The van der Waals surface area contributed by atoms with Crippen LogP contribution in [0.25, 0.3) is 21.8 Å². The van der Waals surface area contributed by atoms with Crippen LogP contribution in [0.2, 0.25) is 5.02 Å². The van der Waals surface area contributed by atoms with Crippen molar-refractivity contribution < 1.29 is 8.78 Å². The lowest BCUT2D eigenvalue weighted by Crippen LogP contribution is -1.82. The Balaban J connectivity index is 1.97. The minimum atomic E-state index is -0.453. The fourth-order valence-electron chi connectivity index (χ4n) is 1.79. The van der Waals surface area contributed by atoms with Gasteiger partial charge in [-0.25, -0.2) is 13.8 Å². The van der Waals surface area contributed by atoms with Crippen LogP contribution < -0.4 is 0 Å². The second-order valence-corrected chi connectivity index (χ2v) is 5.44. The summed E-state index contributed by atoms with van der Waals surface area (Å²) >= 11 is 7.20. The number of hydrogen-bond acceptors (Lipinski definition) is 2. The Bertz CT molecular complexity index is 753. The average molecular weight is 308 g/mol. The molecule has 0 N–H and O–H groups in total. The van der Waals surface area contributed by atoms with Crippen molar-refractivity contribution in [3.05, 3.63) is 64.5 Å². The molecule has 0 saturated carbocycles. The zero-order chi connectivity index (χ0) is 14.1. The summed E-state index contributed by atoms with van der Waals surface area (Å²) in [6.07, 6.45) is 0. The fourth-order valence-corrected chi connectivity index (χ4v) is 2.80. The van der Waals surface area contributed by atoms with Gasteiger partial charge in [-0.05, 0) is 42.5 Å². The summed E-state index contributed by atoms with van der Waals surface area (Å²) in [6, 6.07) is 10.6. The molecule has 0 atom stereocenters. The molecule has 0 aliphatic heterocycles. The minimum Gasteiger partial charge on any atom is -0.236 e. The van der Waals surface area contributed by atoms with Gasteiger partial charge in [-0.3, -0.25) is 0 Å². The third-order valence-corrected chi connectivity index (χ3v) is 3.99. The van der Waals surface area contributed by atoms with E-state index in [1.165, 1.54) is 29.5 Å². The molecule has 0 aliphatic carbocycles. The Hall–Kier alpha value is -1.78. The number of halogens is 3. The predicted molar refractivity (Wildman–Crippen MR) is 77.9 cm³/mol. The Kier molecular flexibility index (Phi) is 3.51. The molecule has 0 unspecified atom stereocenters. The highest BCUT2D eigenvalue weighted by Gasteiger charge is 2.09. The third-order valence-electron chi connectivity index (χ3n) is 2.81. The maximum Gasteiger partial charge on any atom is 0.141 e. The predicted octanol–water partition coefficient (Wildman–Crippen LogP) is 5.41. The van der Waals surface area contributed by atoms with Crippen LogP contribution in [0.4, 0.5) is 8.78 Å². The Morgan fingerprint density at radius 1 is 0.950 bits per heavy atom. The van der Waals surface area contributed by atoms with Crippen LogP contribution in [-0.2, 0) is 0 Å². The molecular formula is C15H8ClF2NS. The quantitative estimate of drug-likeness (QED) is 0.617. The highest BCUT2D eigenvalue weighted by atomic mass is 35.5. The molecular weight excluding hydrogens is 300 g/mol. The van der Waals surface area contributed by atoms with Gasteiger partial charge in [0.2, 0.25) is 0 Å². The van der Waals surface area contributed by atoms with E-state index in [1.807, 2.05) is 5.38 Å². The van der Waals surface area contributed by atoms with Gasteiger partial charge in [0.05, 0.1) is 10.7 Å². The number of aromatic nitrogens is 1. The molecule has 3 aromatic rings. The number of nitrogens with zero attached hydrogens (tertiary/aromatic N) is 1. The molecule has 0 radical (unpaired) electrons. The molecule has 0 amide bonds. The Labute approximate surface area is 123 Å². The first kappa shape index (κ1) is 13.2. The fraction of sp³-hybridized carbons (Fsp3) is 0. The van der Waals surface area contributed by atoms with E-state index in [1.54, 1.807) is 24.3 Å². The molecule has 100 valence electrons. The lowest BCUT2D eigenvalue weighted by atomic mass is 10.2. The van der Waals surface area contributed by atoms with E-state index in [4.69, 9.17) is 11.6 Å². The molecule has 3 rings (SSSR count). The topological polar surface area (TPSA) is 12.9 Å². The molecule has 5 heteroatoms. The molecule has 0 spiro atoms. The van der Waals surface area contributed by atoms with Gasteiger partial charge in [-0.15, -0.1) is 11.3 Å². The molecule has 0 saturated heterocycles. The van der Waals surface area contributed by atoms with E-state index < -0.39 is 5.82 Å². The van der Waals surface area contributed by atoms with Crippen LogP contribution in [0.15, 0.2) is 47.8 Å². The molecule has 1 nitrogen and oxygen atoms in total. The maximum atomic E-state index is 13.1. The van der Waals surface area contributed by atoms with Crippen LogP contribution in [0.1, 0.15) is 0 Å². The zero-order valence-electron chi connectivity index (χ0n) is 10.1. The number of benzene rings is 2. The molecule has 2 aromatic carbocycles. The van der Waals surface area contributed by atoms with Crippen LogP contribution >= 0.6 is 22.9 Å².